The number of methoxy groups -OCH3 is 1. The van der Waals surface area contributed by atoms with Crippen LogP contribution in [0.1, 0.15) is 24.2 Å². The highest BCUT2D eigenvalue weighted by atomic mass is 19.3. The van der Waals surface area contributed by atoms with Crippen molar-refractivity contribution in [1.82, 2.24) is 10.6 Å². The number of carbonyl (C=O) groups is 1. The molecule has 8 nitrogen and oxygen atoms in total. The van der Waals surface area contributed by atoms with Crippen LogP contribution in [0.15, 0.2) is 53.5 Å². The molecular weight excluding hydrogens is 410 g/mol. The van der Waals surface area contributed by atoms with Crippen LogP contribution in [0.5, 0.6) is 5.75 Å². The third-order valence-corrected chi connectivity index (χ3v) is 4.10. The number of carbonyl (C=O) groups excluding carboxylic acids is 1. The summed E-state index contributed by atoms with van der Waals surface area (Å²) < 4.78 is 33.3. The van der Waals surface area contributed by atoms with Crippen molar-refractivity contribution in [2.75, 3.05) is 25.5 Å². The summed E-state index contributed by atoms with van der Waals surface area (Å²) in [6, 6.07) is 13.0. The number of anilines is 1. The van der Waals surface area contributed by atoms with Gasteiger partial charge in [0.15, 0.2) is 5.96 Å². The number of hydrogen-bond donors (Lipinski definition) is 4. The topological polar surface area (TPSA) is 104 Å². The zero-order valence-electron chi connectivity index (χ0n) is 17.3. The molecule has 31 heavy (non-hydrogen) atoms. The molecular formula is C21H26F2N4O4. The lowest BCUT2D eigenvalue weighted by Crippen LogP contribution is -2.39. The molecule has 0 spiro atoms. The second-order valence-electron chi connectivity index (χ2n) is 6.35. The average molecular weight is 436 g/mol. The molecule has 2 aromatic carbocycles. The molecule has 0 fully saturated rings. The minimum Gasteiger partial charge on any atom is -0.453 e. The number of guanidine groups is 1. The van der Waals surface area contributed by atoms with Crippen molar-refractivity contribution in [2.45, 2.75) is 26.2 Å². The number of amides is 1. The molecule has 10 heteroatoms. The van der Waals surface area contributed by atoms with Crippen molar-refractivity contribution >= 4 is 17.7 Å². The number of nitrogens with zero attached hydrogens (tertiary/aromatic N) is 1. The Balaban J connectivity index is 1.91. The number of aliphatic hydroxyl groups is 1. The quantitative estimate of drug-likeness (QED) is 0.355. The van der Waals surface area contributed by atoms with Crippen LogP contribution in [0, 0.1) is 0 Å². The number of alkyl halides is 2. The Hall–Kier alpha value is -3.40. The normalized spacial score (nSPS) is 12.3. The second-order valence-corrected chi connectivity index (χ2v) is 6.35. The molecule has 2 rings (SSSR count). The number of aliphatic imine (C=N–C) groups is 1. The largest absolute Gasteiger partial charge is 0.453 e. The monoisotopic (exact) mass is 436 g/mol. The van der Waals surface area contributed by atoms with Gasteiger partial charge in [0.25, 0.3) is 0 Å². The van der Waals surface area contributed by atoms with Gasteiger partial charge < -0.3 is 25.2 Å². The lowest BCUT2D eigenvalue weighted by molar-refractivity contribution is -0.0498. The van der Waals surface area contributed by atoms with Crippen LogP contribution >= 0.6 is 0 Å². The van der Waals surface area contributed by atoms with E-state index in [9.17, 15) is 18.7 Å². The zero-order valence-corrected chi connectivity index (χ0v) is 17.3. The van der Waals surface area contributed by atoms with E-state index in [2.05, 4.69) is 30.4 Å². The van der Waals surface area contributed by atoms with E-state index < -0.39 is 18.8 Å². The Morgan fingerprint density at radius 2 is 1.77 bits per heavy atom. The van der Waals surface area contributed by atoms with Crippen LogP contribution in [0.3, 0.4) is 0 Å². The van der Waals surface area contributed by atoms with Crippen LogP contribution in [-0.2, 0) is 11.3 Å². The molecule has 0 aliphatic rings. The van der Waals surface area contributed by atoms with Gasteiger partial charge in [0, 0.05) is 18.8 Å². The van der Waals surface area contributed by atoms with E-state index in [1.807, 2.05) is 19.1 Å². The molecule has 4 N–H and O–H groups in total. The molecule has 0 aliphatic carbocycles. The maximum atomic E-state index is 12.2. The average Bonchev–Trinajstić information content (AvgIpc) is 2.76. The van der Waals surface area contributed by atoms with Gasteiger partial charge in [0.2, 0.25) is 0 Å². The first-order chi connectivity index (χ1) is 14.9. The summed E-state index contributed by atoms with van der Waals surface area (Å²) in [4.78, 5) is 15.7. The van der Waals surface area contributed by atoms with Crippen molar-refractivity contribution in [3.8, 4) is 5.75 Å². The zero-order chi connectivity index (χ0) is 22.6. The molecule has 0 saturated heterocycles. The molecule has 1 amide bonds. The lowest BCUT2D eigenvalue weighted by Gasteiger charge is -2.16. The van der Waals surface area contributed by atoms with Gasteiger partial charge in [0.05, 0.1) is 19.8 Å². The smallest absolute Gasteiger partial charge is 0.411 e. The fraction of sp³-hybridized carbons (Fsp3) is 0.333. The van der Waals surface area contributed by atoms with Gasteiger partial charge in [-0.3, -0.25) is 5.32 Å². The van der Waals surface area contributed by atoms with E-state index in [0.717, 1.165) is 5.56 Å². The molecule has 1 unspecified atom stereocenters. The summed E-state index contributed by atoms with van der Waals surface area (Å²) in [7, 11) is 1.29. The minimum atomic E-state index is -2.89. The summed E-state index contributed by atoms with van der Waals surface area (Å²) in [6.07, 6.45) is -1.41. The summed E-state index contributed by atoms with van der Waals surface area (Å²) >= 11 is 0. The predicted octanol–water partition coefficient (Wildman–Crippen LogP) is 3.26. The van der Waals surface area contributed by atoms with Gasteiger partial charge in [-0.25, -0.2) is 9.79 Å². The fourth-order valence-corrected chi connectivity index (χ4v) is 2.56. The van der Waals surface area contributed by atoms with E-state index in [0.29, 0.717) is 30.3 Å². The van der Waals surface area contributed by atoms with Crippen LogP contribution in [-0.4, -0.2) is 44.0 Å². The van der Waals surface area contributed by atoms with Gasteiger partial charge in [-0.1, -0.05) is 24.3 Å². The van der Waals surface area contributed by atoms with Crippen LogP contribution in [0.25, 0.3) is 0 Å². The van der Waals surface area contributed by atoms with Crippen LogP contribution in [0.2, 0.25) is 0 Å². The summed E-state index contributed by atoms with van der Waals surface area (Å²) in [5, 5.41) is 19.0. The van der Waals surface area contributed by atoms with Crippen LogP contribution in [0.4, 0.5) is 19.3 Å². The van der Waals surface area contributed by atoms with Crippen molar-refractivity contribution in [3.05, 3.63) is 59.7 Å². The van der Waals surface area contributed by atoms with Gasteiger partial charge >= 0.3 is 12.7 Å². The van der Waals surface area contributed by atoms with Gasteiger partial charge in [-0.15, -0.1) is 0 Å². The Morgan fingerprint density at radius 1 is 1.10 bits per heavy atom. The molecule has 0 bridgehead atoms. The Morgan fingerprint density at radius 3 is 2.35 bits per heavy atom. The third-order valence-electron chi connectivity index (χ3n) is 4.10. The maximum absolute atomic E-state index is 12.2. The highest BCUT2D eigenvalue weighted by Crippen LogP contribution is 2.19. The molecule has 168 valence electrons. The lowest BCUT2D eigenvalue weighted by atomic mass is 10.1. The summed E-state index contributed by atoms with van der Waals surface area (Å²) in [6.45, 7) is 0.204. The first kappa shape index (κ1) is 23.9. The number of hydrogen-bond acceptors (Lipinski definition) is 5. The molecule has 1 atom stereocenters. The van der Waals surface area contributed by atoms with Gasteiger partial charge in [-0.05, 0) is 42.3 Å². The molecule has 0 heterocycles. The number of aliphatic hydroxyl groups excluding tert-OH is 1. The maximum Gasteiger partial charge on any atom is 0.411 e. The Labute approximate surface area is 179 Å². The van der Waals surface area contributed by atoms with Crippen molar-refractivity contribution in [2.24, 2.45) is 4.99 Å². The summed E-state index contributed by atoms with van der Waals surface area (Å²) in [5.74, 6) is 0.539. The SMILES string of the molecule is CCNC(=NCc1ccc(NC(=O)OC)cc1)NCC(O)c1ccc(OC(F)F)cc1. The Bertz CT molecular complexity index is 845. The first-order valence-electron chi connectivity index (χ1n) is 9.60. The van der Waals surface area contributed by atoms with E-state index in [4.69, 9.17) is 0 Å². The fourth-order valence-electron chi connectivity index (χ4n) is 2.56. The van der Waals surface area contributed by atoms with Gasteiger partial charge in [-0.2, -0.15) is 8.78 Å². The molecule has 2 aromatic rings. The van der Waals surface area contributed by atoms with E-state index in [1.54, 1.807) is 12.1 Å². The third kappa shape index (κ3) is 8.47. The second kappa shape index (κ2) is 12.3. The predicted molar refractivity (Wildman–Crippen MR) is 113 cm³/mol. The van der Waals surface area contributed by atoms with E-state index in [-0.39, 0.29) is 12.3 Å². The van der Waals surface area contributed by atoms with Gasteiger partial charge in [0.1, 0.15) is 5.75 Å². The molecule has 0 aliphatic heterocycles. The number of rotatable bonds is 9. The van der Waals surface area contributed by atoms with Crippen molar-refractivity contribution in [3.63, 3.8) is 0 Å². The first-order valence-corrected chi connectivity index (χ1v) is 9.60. The molecule has 0 saturated carbocycles. The van der Waals surface area contributed by atoms with Crippen LogP contribution < -0.4 is 20.7 Å². The minimum absolute atomic E-state index is 0.0293. The highest BCUT2D eigenvalue weighted by Gasteiger charge is 2.10. The number of nitrogens with one attached hydrogen (secondary N) is 3. The van der Waals surface area contributed by atoms with Crippen molar-refractivity contribution < 1.29 is 28.2 Å². The van der Waals surface area contributed by atoms with E-state index >= 15 is 0 Å². The Kier molecular flexibility index (Phi) is 9.50. The number of benzene rings is 2. The highest BCUT2D eigenvalue weighted by molar-refractivity contribution is 5.84. The standard InChI is InChI=1S/C21H26F2N4O4/c1-3-24-20(25-12-14-4-8-16(9-5-14)27-21(29)30-2)26-13-18(28)15-6-10-17(11-7-15)31-19(22)23/h4-11,18-19,28H,3,12-13H2,1-2H3,(H,27,29)(H2,24,25,26). The number of ether oxygens (including phenoxy) is 2. The number of halogens is 2. The van der Waals surface area contributed by atoms with E-state index in [1.165, 1.54) is 31.4 Å². The summed E-state index contributed by atoms with van der Waals surface area (Å²) in [5.41, 5.74) is 2.08. The van der Waals surface area contributed by atoms with Crippen molar-refractivity contribution in [1.29, 1.82) is 0 Å². The molecule has 0 aromatic heterocycles. The molecule has 0 radical (unpaired) electrons.